The summed E-state index contributed by atoms with van der Waals surface area (Å²) < 4.78 is 0. The van der Waals surface area contributed by atoms with Crippen molar-refractivity contribution in [2.45, 2.75) is 6.92 Å². The molecule has 0 fully saturated rings. The van der Waals surface area contributed by atoms with Gasteiger partial charge in [0, 0.05) is 6.08 Å². The molecule has 0 saturated carbocycles. The molecule has 0 aliphatic rings. The number of rotatable bonds is 2. The van der Waals surface area contributed by atoms with E-state index in [1.165, 1.54) is 6.08 Å². The number of hydrogen-bond acceptors (Lipinski definition) is 1. The molecular weight excluding hydrogens is 100 g/mol. The van der Waals surface area contributed by atoms with E-state index in [2.05, 4.69) is 0 Å². The summed E-state index contributed by atoms with van der Waals surface area (Å²) in [6.07, 6.45) is 8.45. The lowest BCUT2D eigenvalue weighted by atomic mass is 10.4. The first-order chi connectivity index (χ1) is 3.91. The molecule has 42 valence electrons. The van der Waals surface area contributed by atoms with E-state index in [1.54, 1.807) is 18.1 Å². The molecule has 0 atom stereocenters. The van der Waals surface area contributed by atoms with Gasteiger partial charge in [0.2, 0.25) is 0 Å². The molecule has 0 rings (SSSR count). The average Bonchev–Trinajstić information content (AvgIpc) is 1.81. The highest BCUT2D eigenvalue weighted by Gasteiger charge is 1.56. The molecule has 0 bridgehead atoms. The largest absolute Gasteiger partial charge is 0.234 e. The van der Waals surface area contributed by atoms with Gasteiger partial charge >= 0.3 is 0 Å². The third-order valence-electron chi connectivity index (χ3n) is 0.579. The van der Waals surface area contributed by atoms with E-state index in [-0.39, 0.29) is 0 Å². The second kappa shape index (κ2) is 5.93. The van der Waals surface area contributed by atoms with Gasteiger partial charge in [-0.1, -0.05) is 24.3 Å². The Morgan fingerprint density at radius 2 is 2.00 bits per heavy atom. The zero-order chi connectivity index (χ0) is 6.24. The van der Waals surface area contributed by atoms with Crippen LogP contribution in [0.1, 0.15) is 6.92 Å². The zero-order valence-electron chi connectivity index (χ0n) is 4.79. The van der Waals surface area contributed by atoms with Crippen LogP contribution in [-0.4, -0.2) is 5.94 Å². The molecule has 0 aliphatic carbocycles. The first-order valence-electron chi connectivity index (χ1n) is 2.40. The highest BCUT2D eigenvalue weighted by molar-refractivity contribution is 5.48. The highest BCUT2D eigenvalue weighted by atomic mass is 16.1. The highest BCUT2D eigenvalue weighted by Crippen LogP contribution is 1.74. The predicted octanol–water partition coefficient (Wildman–Crippen LogP) is 1.51. The van der Waals surface area contributed by atoms with E-state index in [1.807, 2.05) is 19.1 Å². The summed E-state index contributed by atoms with van der Waals surface area (Å²) in [5, 5.41) is 0. The molecule has 0 aromatic carbocycles. The Morgan fingerprint density at radius 3 is 2.50 bits per heavy atom. The summed E-state index contributed by atoms with van der Waals surface area (Å²) in [6.45, 7) is 1.91. The maximum atomic E-state index is 9.51. The van der Waals surface area contributed by atoms with E-state index in [4.69, 9.17) is 0 Å². The number of hydrogen-bond donors (Lipinski definition) is 0. The molecule has 0 aliphatic heterocycles. The Kier molecular flexibility index (Phi) is 5.14. The zero-order valence-corrected chi connectivity index (χ0v) is 4.79. The maximum absolute atomic E-state index is 9.51. The van der Waals surface area contributed by atoms with E-state index in [0.717, 1.165) is 0 Å². The SMILES string of the molecule is CC=CC=CC=C=O. The first kappa shape index (κ1) is 6.93. The van der Waals surface area contributed by atoms with Crippen LogP contribution >= 0.6 is 0 Å². The summed E-state index contributed by atoms with van der Waals surface area (Å²) in [5.41, 5.74) is 0. The second-order valence-electron chi connectivity index (χ2n) is 1.20. The third kappa shape index (κ3) is 4.93. The Balaban J connectivity index is 3.50. The van der Waals surface area contributed by atoms with Crippen molar-refractivity contribution in [1.29, 1.82) is 0 Å². The quantitative estimate of drug-likeness (QED) is 0.387. The predicted molar refractivity (Wildman–Crippen MR) is 34.2 cm³/mol. The van der Waals surface area contributed by atoms with Gasteiger partial charge in [-0.25, -0.2) is 4.79 Å². The van der Waals surface area contributed by atoms with Gasteiger partial charge in [-0.3, -0.25) is 0 Å². The first-order valence-corrected chi connectivity index (χ1v) is 2.40. The minimum absolute atomic E-state index is 1.32. The van der Waals surface area contributed by atoms with Gasteiger partial charge in [0.25, 0.3) is 0 Å². The van der Waals surface area contributed by atoms with Gasteiger partial charge in [0.15, 0.2) is 0 Å². The lowest BCUT2D eigenvalue weighted by Gasteiger charge is -1.64. The van der Waals surface area contributed by atoms with E-state index < -0.39 is 0 Å². The molecule has 1 heteroatoms. The van der Waals surface area contributed by atoms with Crippen LogP contribution in [0.25, 0.3) is 0 Å². The average molecular weight is 108 g/mol. The van der Waals surface area contributed by atoms with Crippen LogP contribution in [0, 0.1) is 0 Å². The monoisotopic (exact) mass is 108 g/mol. The van der Waals surface area contributed by atoms with Gasteiger partial charge in [-0.15, -0.1) is 0 Å². The Bertz CT molecular complexity index is 136. The minimum atomic E-state index is 1.32. The molecule has 0 unspecified atom stereocenters. The van der Waals surface area contributed by atoms with Gasteiger partial charge < -0.3 is 0 Å². The maximum Gasteiger partial charge on any atom is 0.124 e. The fourth-order valence-corrected chi connectivity index (χ4v) is 0.270. The Hall–Kier alpha value is -1.07. The van der Waals surface area contributed by atoms with Crippen LogP contribution in [0.2, 0.25) is 0 Å². The molecule has 0 radical (unpaired) electrons. The van der Waals surface area contributed by atoms with Crippen LogP contribution in [0.5, 0.6) is 0 Å². The van der Waals surface area contributed by atoms with E-state index in [9.17, 15) is 4.79 Å². The van der Waals surface area contributed by atoms with Crippen molar-refractivity contribution < 1.29 is 4.79 Å². The second-order valence-corrected chi connectivity index (χ2v) is 1.20. The molecule has 0 aromatic rings. The van der Waals surface area contributed by atoms with Gasteiger partial charge in [0.05, 0.1) is 0 Å². The molecule has 8 heavy (non-hydrogen) atoms. The molecule has 1 nitrogen and oxygen atoms in total. The summed E-state index contributed by atoms with van der Waals surface area (Å²) in [6, 6.07) is 0. The topological polar surface area (TPSA) is 17.1 Å². The standard InChI is InChI=1S/C7H8O/c1-2-3-4-5-6-7-8/h2-6H,1H3. The number of carbonyl (C=O) groups excluding carboxylic acids is 1. The number of allylic oxidation sites excluding steroid dienone is 5. The molecular formula is C7H8O. The van der Waals surface area contributed by atoms with E-state index in [0.29, 0.717) is 0 Å². The summed E-state index contributed by atoms with van der Waals surface area (Å²) in [5.74, 6) is 1.63. The fraction of sp³-hybridized carbons (Fsp3) is 0.143. The summed E-state index contributed by atoms with van der Waals surface area (Å²) >= 11 is 0. The Labute approximate surface area is 49.0 Å². The minimum Gasteiger partial charge on any atom is -0.234 e. The third-order valence-corrected chi connectivity index (χ3v) is 0.579. The molecule has 0 N–H and O–H groups in total. The van der Waals surface area contributed by atoms with E-state index >= 15 is 0 Å². The van der Waals surface area contributed by atoms with Crippen molar-refractivity contribution >= 4 is 5.94 Å². The molecule has 0 spiro atoms. The normalized spacial score (nSPS) is 10.1. The summed E-state index contributed by atoms with van der Waals surface area (Å²) in [4.78, 5) is 9.51. The van der Waals surface area contributed by atoms with Crippen molar-refractivity contribution in [2.75, 3.05) is 0 Å². The molecule has 0 aromatic heterocycles. The van der Waals surface area contributed by atoms with Crippen molar-refractivity contribution in [3.63, 3.8) is 0 Å². The van der Waals surface area contributed by atoms with Gasteiger partial charge in [-0.2, -0.15) is 0 Å². The van der Waals surface area contributed by atoms with Crippen LogP contribution in [0.15, 0.2) is 30.4 Å². The van der Waals surface area contributed by atoms with Crippen molar-refractivity contribution in [3.8, 4) is 0 Å². The summed E-state index contributed by atoms with van der Waals surface area (Å²) in [7, 11) is 0. The lowest BCUT2D eigenvalue weighted by molar-refractivity contribution is 0.569. The fourth-order valence-electron chi connectivity index (χ4n) is 0.270. The smallest absolute Gasteiger partial charge is 0.124 e. The van der Waals surface area contributed by atoms with Crippen LogP contribution in [0.3, 0.4) is 0 Å². The Morgan fingerprint density at radius 1 is 1.25 bits per heavy atom. The van der Waals surface area contributed by atoms with Gasteiger partial charge in [0.1, 0.15) is 5.94 Å². The van der Waals surface area contributed by atoms with Crippen LogP contribution < -0.4 is 0 Å². The van der Waals surface area contributed by atoms with Crippen LogP contribution in [0.4, 0.5) is 0 Å². The molecule has 0 amide bonds. The molecule has 0 saturated heterocycles. The van der Waals surface area contributed by atoms with Gasteiger partial charge in [-0.05, 0) is 6.92 Å². The van der Waals surface area contributed by atoms with Crippen molar-refractivity contribution in [3.05, 3.63) is 30.4 Å². The lowest BCUT2D eigenvalue weighted by Crippen LogP contribution is -1.48. The van der Waals surface area contributed by atoms with Crippen molar-refractivity contribution in [1.82, 2.24) is 0 Å². The molecule has 0 heterocycles. The van der Waals surface area contributed by atoms with Crippen molar-refractivity contribution in [2.24, 2.45) is 0 Å². The van der Waals surface area contributed by atoms with Crippen LogP contribution in [-0.2, 0) is 4.79 Å².